The van der Waals surface area contributed by atoms with Gasteiger partial charge >= 0.3 is 12.0 Å². The van der Waals surface area contributed by atoms with E-state index in [0.29, 0.717) is 12.4 Å². The molecule has 166 valence electrons. The summed E-state index contributed by atoms with van der Waals surface area (Å²) in [5.74, 6) is -0.139. The lowest BCUT2D eigenvalue weighted by Gasteiger charge is -2.11. The molecule has 4 rings (SSSR count). The number of ether oxygens (including phenoxy) is 1. The van der Waals surface area contributed by atoms with Crippen molar-refractivity contribution < 1.29 is 14.3 Å². The number of pyridine rings is 2. The molecule has 4 aromatic rings. The molecule has 2 amide bonds. The third-order valence-electron chi connectivity index (χ3n) is 4.75. The molecule has 8 nitrogen and oxygen atoms in total. The molecule has 0 atom stereocenters. The highest BCUT2D eigenvalue weighted by Gasteiger charge is 2.17. The summed E-state index contributed by atoms with van der Waals surface area (Å²) in [5.41, 5.74) is 4.29. The second-order valence-corrected chi connectivity index (χ2v) is 7.78. The number of esters is 1. The van der Waals surface area contributed by atoms with Crippen molar-refractivity contribution in [3.05, 3.63) is 72.0 Å². The molecule has 0 radical (unpaired) electrons. The van der Waals surface area contributed by atoms with Crippen molar-refractivity contribution >= 4 is 29.2 Å². The molecule has 1 aromatic carbocycles. The molecule has 0 aliphatic carbocycles. The molecular weight excluding hydrogens is 438 g/mol. The highest BCUT2D eigenvalue weighted by molar-refractivity contribution is 7.13. The summed E-state index contributed by atoms with van der Waals surface area (Å²) in [4.78, 5) is 37.3. The maximum absolute atomic E-state index is 12.0. The number of anilines is 1. The Morgan fingerprint density at radius 2 is 1.85 bits per heavy atom. The minimum absolute atomic E-state index is 0.189. The molecule has 0 spiro atoms. The fraction of sp³-hybridized carbons (Fsp3) is 0.125. The van der Waals surface area contributed by atoms with Gasteiger partial charge in [0.15, 0.2) is 0 Å². The summed E-state index contributed by atoms with van der Waals surface area (Å²) in [6.45, 7) is 2.33. The number of nitrogens with one attached hydrogen (secondary N) is 2. The number of carbonyl (C=O) groups excluding carboxylic acids is 2. The van der Waals surface area contributed by atoms with Crippen molar-refractivity contribution in [2.24, 2.45) is 0 Å². The zero-order valence-electron chi connectivity index (χ0n) is 18.0. The molecule has 0 saturated carbocycles. The average Bonchev–Trinajstić information content (AvgIpc) is 3.34. The maximum Gasteiger partial charge on any atom is 0.356 e. The van der Waals surface area contributed by atoms with E-state index < -0.39 is 5.97 Å². The van der Waals surface area contributed by atoms with Crippen molar-refractivity contribution in [3.63, 3.8) is 0 Å². The van der Waals surface area contributed by atoms with E-state index in [4.69, 9.17) is 9.72 Å². The van der Waals surface area contributed by atoms with Gasteiger partial charge in [0.2, 0.25) is 0 Å². The van der Waals surface area contributed by atoms with Gasteiger partial charge in [-0.15, -0.1) is 11.3 Å². The molecule has 0 aliphatic rings. The lowest BCUT2D eigenvalue weighted by atomic mass is 10.0. The van der Waals surface area contributed by atoms with Gasteiger partial charge in [-0.3, -0.25) is 5.32 Å². The minimum atomic E-state index is -0.526. The molecule has 3 heterocycles. The number of benzene rings is 1. The van der Waals surface area contributed by atoms with E-state index in [0.717, 1.165) is 33.0 Å². The zero-order valence-corrected chi connectivity index (χ0v) is 18.8. The van der Waals surface area contributed by atoms with Crippen LogP contribution in [0.2, 0.25) is 0 Å². The van der Waals surface area contributed by atoms with Crippen molar-refractivity contribution in [1.82, 2.24) is 20.3 Å². The molecule has 2 N–H and O–H groups in total. The third kappa shape index (κ3) is 5.04. The van der Waals surface area contributed by atoms with Crippen molar-refractivity contribution in [3.8, 4) is 33.0 Å². The van der Waals surface area contributed by atoms with E-state index >= 15 is 0 Å². The Morgan fingerprint density at radius 1 is 1.03 bits per heavy atom. The minimum Gasteiger partial charge on any atom is -0.464 e. The number of rotatable bonds is 6. The van der Waals surface area contributed by atoms with Gasteiger partial charge in [-0.05, 0) is 30.7 Å². The lowest BCUT2D eigenvalue weighted by molar-refractivity contribution is 0.0594. The molecule has 9 heteroatoms. The van der Waals surface area contributed by atoms with Crippen molar-refractivity contribution in [1.29, 1.82) is 0 Å². The number of nitrogens with zero attached hydrogens (tertiary/aromatic N) is 3. The number of aromatic nitrogens is 3. The van der Waals surface area contributed by atoms with Crippen LogP contribution in [0.1, 0.15) is 17.4 Å². The summed E-state index contributed by atoms with van der Waals surface area (Å²) in [7, 11) is 1.31. The van der Waals surface area contributed by atoms with E-state index in [9.17, 15) is 9.59 Å². The van der Waals surface area contributed by atoms with Crippen LogP contribution in [0.15, 0.2) is 66.3 Å². The Bertz CT molecular complexity index is 1290. The van der Waals surface area contributed by atoms with Crippen LogP contribution in [0.25, 0.3) is 33.0 Å². The number of carbonyl (C=O) groups is 2. The standard InChI is InChI=1S/C24H21N5O3S/c1-3-25-24(31)29-21-12-17(22-28-20(14-33-22)15-7-5-4-6-8-15)18(13-27-21)16-9-10-26-19(11-16)23(30)32-2/h4-14H,3H2,1-2H3,(H2,25,27,29,31). The Kier molecular flexibility index (Phi) is 6.70. The summed E-state index contributed by atoms with van der Waals surface area (Å²) in [6, 6.07) is 14.8. The predicted molar refractivity (Wildman–Crippen MR) is 128 cm³/mol. The van der Waals surface area contributed by atoms with E-state index in [1.807, 2.05) is 42.6 Å². The molecule has 0 fully saturated rings. The summed E-state index contributed by atoms with van der Waals surface area (Å²) < 4.78 is 4.80. The average molecular weight is 460 g/mol. The number of hydrogen-bond donors (Lipinski definition) is 2. The van der Waals surface area contributed by atoms with Crippen molar-refractivity contribution in [2.75, 3.05) is 19.0 Å². The third-order valence-corrected chi connectivity index (χ3v) is 5.63. The first-order valence-corrected chi connectivity index (χ1v) is 11.1. The van der Waals surface area contributed by atoms with Crippen LogP contribution in [0, 0.1) is 0 Å². The van der Waals surface area contributed by atoms with Crippen LogP contribution in [-0.4, -0.2) is 40.6 Å². The van der Waals surface area contributed by atoms with Gasteiger partial charge in [0.1, 0.15) is 16.5 Å². The van der Waals surface area contributed by atoms with Crippen LogP contribution in [0.4, 0.5) is 10.6 Å². The van der Waals surface area contributed by atoms with E-state index in [-0.39, 0.29) is 11.7 Å². The van der Waals surface area contributed by atoms with Crippen LogP contribution in [-0.2, 0) is 4.74 Å². The molecule has 0 unspecified atom stereocenters. The molecule has 0 aliphatic heterocycles. The number of hydrogen-bond acceptors (Lipinski definition) is 7. The lowest BCUT2D eigenvalue weighted by Crippen LogP contribution is -2.28. The van der Waals surface area contributed by atoms with E-state index in [1.165, 1.54) is 18.4 Å². The zero-order chi connectivity index (χ0) is 23.2. The smallest absolute Gasteiger partial charge is 0.356 e. The first-order valence-electron chi connectivity index (χ1n) is 10.2. The quantitative estimate of drug-likeness (QED) is 0.399. The molecule has 3 aromatic heterocycles. The van der Waals surface area contributed by atoms with Crippen LogP contribution < -0.4 is 10.6 Å². The number of amides is 2. The Labute approximate surface area is 194 Å². The van der Waals surface area contributed by atoms with Gasteiger partial charge in [0, 0.05) is 41.0 Å². The van der Waals surface area contributed by atoms with Crippen LogP contribution in [0.5, 0.6) is 0 Å². The monoisotopic (exact) mass is 459 g/mol. The van der Waals surface area contributed by atoms with Gasteiger partial charge < -0.3 is 10.1 Å². The fourth-order valence-corrected chi connectivity index (χ4v) is 4.06. The summed E-state index contributed by atoms with van der Waals surface area (Å²) in [5, 5.41) is 8.16. The summed E-state index contributed by atoms with van der Waals surface area (Å²) >= 11 is 1.48. The molecular formula is C24H21N5O3S. The summed E-state index contributed by atoms with van der Waals surface area (Å²) in [6.07, 6.45) is 3.19. The fourth-order valence-electron chi connectivity index (χ4n) is 3.21. The van der Waals surface area contributed by atoms with Gasteiger partial charge in [-0.25, -0.2) is 24.5 Å². The Morgan fingerprint density at radius 3 is 2.61 bits per heavy atom. The Hall–Kier alpha value is -4.11. The van der Waals surface area contributed by atoms with E-state index in [1.54, 1.807) is 30.6 Å². The first-order chi connectivity index (χ1) is 16.1. The molecule has 33 heavy (non-hydrogen) atoms. The van der Waals surface area contributed by atoms with Gasteiger partial charge in [-0.2, -0.15) is 0 Å². The number of thiazole rings is 1. The molecule has 0 saturated heterocycles. The van der Waals surface area contributed by atoms with Gasteiger partial charge in [-0.1, -0.05) is 30.3 Å². The number of methoxy groups -OCH3 is 1. The highest BCUT2D eigenvalue weighted by atomic mass is 32.1. The van der Waals surface area contributed by atoms with Gasteiger partial charge in [0.05, 0.1) is 12.8 Å². The van der Waals surface area contributed by atoms with E-state index in [2.05, 4.69) is 20.6 Å². The predicted octanol–water partition coefficient (Wildman–Crippen LogP) is 4.86. The number of urea groups is 1. The SMILES string of the molecule is CCNC(=O)Nc1cc(-c2nc(-c3ccccc3)cs2)c(-c2ccnc(C(=O)OC)c2)cn1. The second-order valence-electron chi connectivity index (χ2n) is 6.92. The Balaban J connectivity index is 1.80. The van der Waals surface area contributed by atoms with Gasteiger partial charge in [0.25, 0.3) is 0 Å². The normalized spacial score (nSPS) is 10.5. The highest BCUT2D eigenvalue weighted by Crippen LogP contribution is 2.36. The molecule has 0 bridgehead atoms. The van der Waals surface area contributed by atoms with Crippen LogP contribution in [0.3, 0.4) is 0 Å². The van der Waals surface area contributed by atoms with Crippen LogP contribution >= 0.6 is 11.3 Å². The first kappa shape index (κ1) is 22.1. The largest absolute Gasteiger partial charge is 0.464 e. The van der Waals surface area contributed by atoms with Crippen molar-refractivity contribution in [2.45, 2.75) is 6.92 Å². The second kappa shape index (κ2) is 10.0. The maximum atomic E-state index is 12.0. The topological polar surface area (TPSA) is 106 Å².